The Hall–Kier alpha value is -3.09. The van der Waals surface area contributed by atoms with Crippen LogP contribution in [-0.2, 0) is 4.79 Å². The van der Waals surface area contributed by atoms with Crippen LogP contribution in [0.25, 0.3) is 6.08 Å². The molecule has 1 N–H and O–H groups in total. The number of rotatable bonds is 10. The minimum absolute atomic E-state index is 0.127. The zero-order valence-electron chi connectivity index (χ0n) is 15.8. The third-order valence-electron chi connectivity index (χ3n) is 3.56. The summed E-state index contributed by atoms with van der Waals surface area (Å²) >= 11 is 0. The van der Waals surface area contributed by atoms with Crippen LogP contribution in [0.5, 0.6) is 17.2 Å². The summed E-state index contributed by atoms with van der Waals surface area (Å²) in [7, 11) is 0. The van der Waals surface area contributed by atoms with E-state index < -0.39 is 11.6 Å². The van der Waals surface area contributed by atoms with E-state index in [0.717, 1.165) is 17.7 Å². The van der Waals surface area contributed by atoms with Crippen molar-refractivity contribution in [1.29, 1.82) is 0 Å². The van der Waals surface area contributed by atoms with Crippen LogP contribution in [0.1, 0.15) is 19.4 Å². The maximum absolute atomic E-state index is 13.1. The smallest absolute Gasteiger partial charge is 0.244 e. The van der Waals surface area contributed by atoms with Crippen LogP contribution in [0.15, 0.2) is 42.5 Å². The lowest BCUT2D eigenvalue weighted by Gasteiger charge is -2.11. The van der Waals surface area contributed by atoms with Crippen molar-refractivity contribution in [2.45, 2.75) is 13.8 Å². The van der Waals surface area contributed by atoms with E-state index in [9.17, 15) is 13.6 Å². The van der Waals surface area contributed by atoms with Crippen LogP contribution in [-0.4, -0.2) is 32.3 Å². The fourth-order valence-electron chi connectivity index (χ4n) is 2.31. The van der Waals surface area contributed by atoms with Crippen LogP contribution in [0.4, 0.5) is 8.78 Å². The van der Waals surface area contributed by atoms with E-state index in [2.05, 4.69) is 5.32 Å². The Balaban J connectivity index is 1.82. The highest BCUT2D eigenvalue weighted by atomic mass is 19.2. The second-order valence-corrected chi connectivity index (χ2v) is 5.62. The number of halogens is 2. The number of benzene rings is 2. The van der Waals surface area contributed by atoms with E-state index in [4.69, 9.17) is 14.2 Å². The molecule has 7 heteroatoms. The monoisotopic (exact) mass is 391 g/mol. The van der Waals surface area contributed by atoms with Gasteiger partial charge in [-0.15, -0.1) is 0 Å². The molecule has 0 unspecified atom stereocenters. The molecule has 0 aliphatic carbocycles. The van der Waals surface area contributed by atoms with Gasteiger partial charge in [-0.05, 0) is 49.8 Å². The number of carbonyl (C=O) groups excluding carboxylic acids is 1. The zero-order chi connectivity index (χ0) is 20.4. The Morgan fingerprint density at radius 2 is 1.71 bits per heavy atom. The minimum atomic E-state index is -0.980. The van der Waals surface area contributed by atoms with Crippen LogP contribution in [0.3, 0.4) is 0 Å². The molecule has 0 heterocycles. The van der Waals surface area contributed by atoms with Crippen LogP contribution < -0.4 is 19.5 Å². The standard InChI is InChI=1S/C21H23F2NO4/c1-3-26-19-9-5-15(13-20(19)27-4-2)6-10-21(25)24-11-12-28-16-7-8-17(22)18(23)14-16/h5-10,13-14H,3-4,11-12H2,1-2H3,(H,24,25). The van der Waals surface area contributed by atoms with Crippen molar-refractivity contribution in [3.63, 3.8) is 0 Å². The van der Waals surface area contributed by atoms with Gasteiger partial charge in [0.05, 0.1) is 19.8 Å². The second-order valence-electron chi connectivity index (χ2n) is 5.62. The summed E-state index contributed by atoms with van der Waals surface area (Å²) in [6.45, 7) is 5.16. The Bertz CT molecular complexity index is 824. The highest BCUT2D eigenvalue weighted by molar-refractivity contribution is 5.91. The maximum Gasteiger partial charge on any atom is 0.244 e. The Kier molecular flexibility index (Phi) is 8.27. The average molecular weight is 391 g/mol. The van der Waals surface area contributed by atoms with E-state index in [1.165, 1.54) is 12.1 Å². The summed E-state index contributed by atoms with van der Waals surface area (Å²) < 4.78 is 42.2. The van der Waals surface area contributed by atoms with E-state index in [1.807, 2.05) is 19.9 Å². The van der Waals surface area contributed by atoms with E-state index in [1.54, 1.807) is 18.2 Å². The number of ether oxygens (including phenoxy) is 3. The molecule has 0 saturated carbocycles. The molecule has 2 aromatic rings. The highest BCUT2D eigenvalue weighted by Gasteiger charge is 2.06. The fraction of sp³-hybridized carbons (Fsp3) is 0.286. The van der Waals surface area contributed by atoms with Gasteiger partial charge in [-0.3, -0.25) is 4.79 Å². The Labute approximate surface area is 162 Å². The maximum atomic E-state index is 13.1. The summed E-state index contributed by atoms with van der Waals surface area (Å²) in [5, 5.41) is 2.65. The molecule has 0 bridgehead atoms. The molecule has 0 aliphatic rings. The van der Waals surface area contributed by atoms with Gasteiger partial charge in [0.2, 0.25) is 5.91 Å². The first-order valence-electron chi connectivity index (χ1n) is 8.97. The van der Waals surface area contributed by atoms with Gasteiger partial charge in [-0.2, -0.15) is 0 Å². The number of hydrogen-bond acceptors (Lipinski definition) is 4. The largest absolute Gasteiger partial charge is 0.492 e. The molecule has 0 atom stereocenters. The number of carbonyl (C=O) groups is 1. The van der Waals surface area contributed by atoms with Crippen LogP contribution in [0.2, 0.25) is 0 Å². The molecule has 2 aromatic carbocycles. The van der Waals surface area contributed by atoms with Gasteiger partial charge in [0.1, 0.15) is 12.4 Å². The molecule has 150 valence electrons. The van der Waals surface area contributed by atoms with E-state index >= 15 is 0 Å². The molecule has 0 radical (unpaired) electrons. The molecule has 28 heavy (non-hydrogen) atoms. The van der Waals surface area contributed by atoms with Crippen molar-refractivity contribution in [1.82, 2.24) is 5.32 Å². The fourth-order valence-corrected chi connectivity index (χ4v) is 2.31. The molecule has 0 fully saturated rings. The highest BCUT2D eigenvalue weighted by Crippen LogP contribution is 2.29. The van der Waals surface area contributed by atoms with Gasteiger partial charge in [-0.25, -0.2) is 8.78 Å². The zero-order valence-corrected chi connectivity index (χ0v) is 15.8. The first kappa shape index (κ1) is 21.2. The minimum Gasteiger partial charge on any atom is -0.492 e. The topological polar surface area (TPSA) is 56.8 Å². The lowest BCUT2D eigenvalue weighted by atomic mass is 10.2. The molecular weight excluding hydrogens is 368 g/mol. The Morgan fingerprint density at radius 1 is 0.964 bits per heavy atom. The number of amides is 1. The third kappa shape index (κ3) is 6.57. The van der Waals surface area contributed by atoms with Gasteiger partial charge in [0.25, 0.3) is 0 Å². The lowest BCUT2D eigenvalue weighted by molar-refractivity contribution is -0.116. The van der Waals surface area contributed by atoms with Gasteiger partial charge in [0.15, 0.2) is 23.1 Å². The van der Waals surface area contributed by atoms with Crippen molar-refractivity contribution >= 4 is 12.0 Å². The molecule has 0 saturated heterocycles. The summed E-state index contributed by atoms with van der Waals surface area (Å²) in [4.78, 5) is 11.9. The van der Waals surface area contributed by atoms with Crippen molar-refractivity contribution in [2.75, 3.05) is 26.4 Å². The second kappa shape index (κ2) is 10.9. The van der Waals surface area contributed by atoms with E-state index in [0.29, 0.717) is 24.7 Å². The Morgan fingerprint density at radius 3 is 2.43 bits per heavy atom. The van der Waals surface area contributed by atoms with Gasteiger partial charge >= 0.3 is 0 Å². The molecular formula is C21H23F2NO4. The van der Waals surface area contributed by atoms with Crippen molar-refractivity contribution in [3.8, 4) is 17.2 Å². The van der Waals surface area contributed by atoms with E-state index in [-0.39, 0.29) is 24.8 Å². The first-order valence-corrected chi connectivity index (χ1v) is 8.97. The SMILES string of the molecule is CCOc1ccc(C=CC(=O)NCCOc2ccc(F)c(F)c2)cc1OCC. The van der Waals surface area contributed by atoms with Gasteiger partial charge in [0, 0.05) is 12.1 Å². The molecule has 0 spiro atoms. The number of nitrogens with one attached hydrogen (secondary N) is 1. The van der Waals surface area contributed by atoms with Crippen molar-refractivity contribution < 1.29 is 27.8 Å². The van der Waals surface area contributed by atoms with Crippen LogP contribution in [0, 0.1) is 11.6 Å². The molecule has 0 aromatic heterocycles. The summed E-state index contributed by atoms with van der Waals surface area (Å²) in [6.07, 6.45) is 3.05. The van der Waals surface area contributed by atoms with Gasteiger partial charge < -0.3 is 19.5 Å². The molecule has 1 amide bonds. The van der Waals surface area contributed by atoms with Crippen LogP contribution >= 0.6 is 0 Å². The predicted octanol–water partition coefficient (Wildman–Crippen LogP) is 3.97. The quantitative estimate of drug-likeness (QED) is 0.492. The lowest BCUT2D eigenvalue weighted by Crippen LogP contribution is -2.26. The molecule has 2 rings (SSSR count). The average Bonchev–Trinajstić information content (AvgIpc) is 2.68. The summed E-state index contributed by atoms with van der Waals surface area (Å²) in [5.74, 6) is -0.756. The number of hydrogen-bond donors (Lipinski definition) is 1. The predicted molar refractivity (Wildman–Crippen MR) is 103 cm³/mol. The summed E-state index contributed by atoms with van der Waals surface area (Å²) in [5.41, 5.74) is 0.792. The van der Waals surface area contributed by atoms with Crippen molar-refractivity contribution in [3.05, 3.63) is 59.7 Å². The normalized spacial score (nSPS) is 10.7. The molecule has 0 aliphatic heterocycles. The van der Waals surface area contributed by atoms with Crippen molar-refractivity contribution in [2.24, 2.45) is 0 Å². The van der Waals surface area contributed by atoms with Gasteiger partial charge in [-0.1, -0.05) is 6.07 Å². The molecule has 5 nitrogen and oxygen atoms in total. The summed E-state index contributed by atoms with van der Waals surface area (Å²) in [6, 6.07) is 8.68. The first-order chi connectivity index (χ1) is 13.5. The third-order valence-corrected chi connectivity index (χ3v) is 3.56.